The molecule has 1 aromatic carbocycles. The van der Waals surface area contributed by atoms with Gasteiger partial charge >= 0.3 is 0 Å². The lowest BCUT2D eigenvalue weighted by atomic mass is 9.99. The first-order valence-corrected chi connectivity index (χ1v) is 5.62. The molecule has 17 heavy (non-hydrogen) atoms. The Morgan fingerprint density at radius 3 is 2.18 bits per heavy atom. The molecule has 0 aliphatic heterocycles. The van der Waals surface area contributed by atoms with Crippen molar-refractivity contribution in [1.82, 2.24) is 0 Å². The molecule has 5 heteroatoms. The third-order valence-corrected chi connectivity index (χ3v) is 2.41. The predicted octanol–water partition coefficient (Wildman–Crippen LogP) is 2.05. The predicted molar refractivity (Wildman–Crippen MR) is 67.9 cm³/mol. The second-order valence-electron chi connectivity index (χ2n) is 3.67. The van der Waals surface area contributed by atoms with Crippen molar-refractivity contribution >= 4 is 5.69 Å². The number of non-ortho nitro benzene ring substituents is 1. The quantitative estimate of drug-likeness (QED) is 0.622. The van der Waals surface area contributed by atoms with E-state index in [1.54, 1.807) is 12.1 Å². The topological polar surface area (TPSA) is 89.4 Å². The molecule has 96 valence electrons. The molecule has 1 atom stereocenters. The molecule has 0 bridgehead atoms. The fourth-order valence-corrected chi connectivity index (χ4v) is 1.16. The van der Waals surface area contributed by atoms with Crippen LogP contribution in [-0.4, -0.2) is 23.2 Å². The summed E-state index contributed by atoms with van der Waals surface area (Å²) in [5, 5.41) is 18.1. The Labute approximate surface area is 101 Å². The van der Waals surface area contributed by atoms with Gasteiger partial charge in [0.2, 0.25) is 0 Å². The summed E-state index contributed by atoms with van der Waals surface area (Å²) >= 11 is 0. The molecule has 0 radical (unpaired) electrons. The first-order chi connectivity index (χ1) is 8.06. The SMILES string of the molecule is CCC(C)c1ccc([N+](=O)[O-])cc1.NCCO. The van der Waals surface area contributed by atoms with Gasteiger partial charge in [0, 0.05) is 18.7 Å². The molecule has 0 aromatic heterocycles. The van der Waals surface area contributed by atoms with Crippen LogP contribution in [0.3, 0.4) is 0 Å². The fourth-order valence-electron chi connectivity index (χ4n) is 1.16. The highest BCUT2D eigenvalue weighted by atomic mass is 16.6. The van der Waals surface area contributed by atoms with Crippen molar-refractivity contribution < 1.29 is 10.0 Å². The van der Waals surface area contributed by atoms with Crippen molar-refractivity contribution in [2.75, 3.05) is 13.2 Å². The van der Waals surface area contributed by atoms with Gasteiger partial charge in [0.05, 0.1) is 11.5 Å². The molecule has 1 unspecified atom stereocenters. The van der Waals surface area contributed by atoms with Crippen LogP contribution in [-0.2, 0) is 0 Å². The van der Waals surface area contributed by atoms with E-state index in [0.29, 0.717) is 12.5 Å². The van der Waals surface area contributed by atoms with Gasteiger partial charge in [-0.15, -0.1) is 0 Å². The monoisotopic (exact) mass is 240 g/mol. The Morgan fingerprint density at radius 1 is 1.41 bits per heavy atom. The molecule has 0 saturated heterocycles. The number of nitrogens with zero attached hydrogens (tertiary/aromatic N) is 1. The Bertz CT molecular complexity index is 323. The second kappa shape index (κ2) is 8.66. The van der Waals surface area contributed by atoms with Gasteiger partial charge in [-0.25, -0.2) is 0 Å². The maximum Gasteiger partial charge on any atom is 0.269 e. The number of nitrogens with two attached hydrogens (primary N) is 1. The van der Waals surface area contributed by atoms with E-state index in [0.717, 1.165) is 12.0 Å². The highest BCUT2D eigenvalue weighted by Crippen LogP contribution is 2.21. The van der Waals surface area contributed by atoms with E-state index in [4.69, 9.17) is 10.8 Å². The molecule has 0 aliphatic carbocycles. The summed E-state index contributed by atoms with van der Waals surface area (Å²) < 4.78 is 0. The molecule has 3 N–H and O–H groups in total. The molecule has 1 rings (SSSR count). The average molecular weight is 240 g/mol. The van der Waals surface area contributed by atoms with Crippen LogP contribution in [0.2, 0.25) is 0 Å². The number of benzene rings is 1. The van der Waals surface area contributed by atoms with Crippen molar-refractivity contribution in [2.45, 2.75) is 26.2 Å². The van der Waals surface area contributed by atoms with E-state index in [1.165, 1.54) is 0 Å². The largest absolute Gasteiger partial charge is 0.395 e. The molecule has 0 aliphatic rings. The summed E-state index contributed by atoms with van der Waals surface area (Å²) in [4.78, 5) is 9.98. The van der Waals surface area contributed by atoms with Gasteiger partial charge in [-0.3, -0.25) is 10.1 Å². The Kier molecular flexibility index (Phi) is 7.92. The third kappa shape index (κ3) is 5.99. The summed E-state index contributed by atoms with van der Waals surface area (Å²) in [6, 6.07) is 6.77. The minimum Gasteiger partial charge on any atom is -0.395 e. The number of aliphatic hydroxyl groups excluding tert-OH is 1. The van der Waals surface area contributed by atoms with Gasteiger partial charge in [-0.05, 0) is 17.9 Å². The first kappa shape index (κ1) is 15.5. The smallest absolute Gasteiger partial charge is 0.269 e. The van der Waals surface area contributed by atoms with Crippen LogP contribution in [0.5, 0.6) is 0 Å². The number of hydrogen-bond acceptors (Lipinski definition) is 4. The van der Waals surface area contributed by atoms with Crippen molar-refractivity contribution in [1.29, 1.82) is 0 Å². The maximum absolute atomic E-state index is 10.4. The minimum atomic E-state index is -0.375. The van der Waals surface area contributed by atoms with Gasteiger partial charge < -0.3 is 10.8 Å². The summed E-state index contributed by atoms with van der Waals surface area (Å²) in [7, 11) is 0. The van der Waals surface area contributed by atoms with E-state index >= 15 is 0 Å². The van der Waals surface area contributed by atoms with Gasteiger partial charge in [0.1, 0.15) is 0 Å². The van der Waals surface area contributed by atoms with Crippen LogP contribution in [0.1, 0.15) is 31.7 Å². The van der Waals surface area contributed by atoms with Crippen molar-refractivity contribution in [2.24, 2.45) is 5.73 Å². The van der Waals surface area contributed by atoms with Crippen LogP contribution in [0.4, 0.5) is 5.69 Å². The Balaban J connectivity index is 0.000000557. The molecule has 0 saturated carbocycles. The Hall–Kier alpha value is -1.46. The molecule has 5 nitrogen and oxygen atoms in total. The first-order valence-electron chi connectivity index (χ1n) is 5.62. The van der Waals surface area contributed by atoms with E-state index < -0.39 is 0 Å². The van der Waals surface area contributed by atoms with Crippen LogP contribution >= 0.6 is 0 Å². The minimum absolute atomic E-state index is 0.0972. The molecule has 0 heterocycles. The van der Waals surface area contributed by atoms with Crippen molar-refractivity contribution in [3.8, 4) is 0 Å². The highest BCUT2D eigenvalue weighted by Gasteiger charge is 2.06. The van der Waals surface area contributed by atoms with Crippen LogP contribution in [0.15, 0.2) is 24.3 Å². The fraction of sp³-hybridized carbons (Fsp3) is 0.500. The van der Waals surface area contributed by atoms with Crippen molar-refractivity contribution in [3.05, 3.63) is 39.9 Å². The second-order valence-corrected chi connectivity index (χ2v) is 3.67. The average Bonchev–Trinajstić information content (AvgIpc) is 2.38. The zero-order valence-electron chi connectivity index (χ0n) is 10.3. The molecular formula is C12H20N2O3. The zero-order valence-corrected chi connectivity index (χ0v) is 10.3. The Morgan fingerprint density at radius 2 is 1.88 bits per heavy atom. The van der Waals surface area contributed by atoms with Gasteiger partial charge in [0.15, 0.2) is 0 Å². The lowest BCUT2D eigenvalue weighted by Gasteiger charge is -2.07. The summed E-state index contributed by atoms with van der Waals surface area (Å²) in [6.07, 6.45) is 1.05. The molecule has 0 spiro atoms. The number of rotatable bonds is 4. The van der Waals surface area contributed by atoms with E-state index in [1.807, 2.05) is 12.1 Å². The van der Waals surface area contributed by atoms with E-state index in [9.17, 15) is 10.1 Å². The summed E-state index contributed by atoms with van der Waals surface area (Å²) in [6.45, 7) is 4.69. The summed E-state index contributed by atoms with van der Waals surface area (Å²) in [5.41, 5.74) is 6.10. The third-order valence-electron chi connectivity index (χ3n) is 2.41. The van der Waals surface area contributed by atoms with Gasteiger partial charge in [-0.1, -0.05) is 26.0 Å². The van der Waals surface area contributed by atoms with Crippen molar-refractivity contribution in [3.63, 3.8) is 0 Å². The number of nitro groups is 1. The van der Waals surface area contributed by atoms with Gasteiger partial charge in [-0.2, -0.15) is 0 Å². The summed E-state index contributed by atoms with van der Waals surface area (Å²) in [5.74, 6) is 0.473. The number of nitro benzene ring substituents is 1. The van der Waals surface area contributed by atoms with Crippen LogP contribution < -0.4 is 5.73 Å². The molecule has 0 fully saturated rings. The molecule has 0 amide bonds. The highest BCUT2D eigenvalue weighted by molar-refractivity contribution is 5.34. The normalized spacial score (nSPS) is 11.3. The maximum atomic E-state index is 10.4. The van der Waals surface area contributed by atoms with E-state index in [-0.39, 0.29) is 17.2 Å². The molecule has 1 aromatic rings. The van der Waals surface area contributed by atoms with Crippen LogP contribution in [0.25, 0.3) is 0 Å². The number of aliphatic hydroxyl groups is 1. The standard InChI is InChI=1S/C10H13NO2.C2H7NO/c1-3-8(2)9-4-6-10(7-5-9)11(12)13;3-1-2-4/h4-8H,3H2,1-2H3;4H,1-3H2. The molecular weight excluding hydrogens is 220 g/mol. The lowest BCUT2D eigenvalue weighted by Crippen LogP contribution is -2.02. The van der Waals surface area contributed by atoms with Gasteiger partial charge in [0.25, 0.3) is 5.69 Å². The lowest BCUT2D eigenvalue weighted by molar-refractivity contribution is -0.384. The number of hydrogen-bond donors (Lipinski definition) is 2. The van der Waals surface area contributed by atoms with E-state index in [2.05, 4.69) is 13.8 Å². The zero-order chi connectivity index (χ0) is 13.3. The van der Waals surface area contributed by atoms with Crippen LogP contribution in [0, 0.1) is 10.1 Å².